The summed E-state index contributed by atoms with van der Waals surface area (Å²) < 4.78 is 6.54. The molecule has 0 radical (unpaired) electrons. The number of hydrogen-bond donors (Lipinski definition) is 3. The summed E-state index contributed by atoms with van der Waals surface area (Å²) in [6.45, 7) is 5.53. The lowest BCUT2D eigenvalue weighted by atomic mass is 9.66. The first-order valence-electron chi connectivity index (χ1n) is 11.9. The predicted molar refractivity (Wildman–Crippen MR) is 114 cm³/mol. The maximum atomic E-state index is 13.8. The van der Waals surface area contributed by atoms with Gasteiger partial charge in [0.25, 0.3) is 0 Å². The number of fused-ring (bicyclic) bond motifs is 1. The van der Waals surface area contributed by atoms with Crippen molar-refractivity contribution >= 4 is 17.7 Å². The van der Waals surface area contributed by atoms with Gasteiger partial charge in [-0.1, -0.05) is 33.1 Å². The minimum absolute atomic E-state index is 0.0413. The van der Waals surface area contributed by atoms with E-state index in [-0.39, 0.29) is 36.3 Å². The van der Waals surface area contributed by atoms with Crippen LogP contribution in [0.2, 0.25) is 0 Å². The third kappa shape index (κ3) is 3.28. The van der Waals surface area contributed by atoms with Crippen molar-refractivity contribution in [2.24, 2.45) is 17.8 Å². The van der Waals surface area contributed by atoms with Crippen molar-refractivity contribution < 1.29 is 24.2 Å². The summed E-state index contributed by atoms with van der Waals surface area (Å²) in [5, 5.41) is 16.0. The third-order valence-corrected chi connectivity index (χ3v) is 8.26. The van der Waals surface area contributed by atoms with Crippen LogP contribution in [0.3, 0.4) is 0 Å². The van der Waals surface area contributed by atoms with Crippen LogP contribution in [-0.2, 0) is 19.1 Å². The van der Waals surface area contributed by atoms with Crippen LogP contribution in [0.4, 0.5) is 0 Å². The highest BCUT2D eigenvalue weighted by molar-refractivity contribution is 5.99. The molecule has 0 aromatic carbocycles. The van der Waals surface area contributed by atoms with Crippen molar-refractivity contribution in [1.29, 1.82) is 0 Å². The SMILES string of the molecule is CNC(=O)[C@@H]1[C@H]2C(=O)N([C@@H](CO)C(C)C)C(C(=O)NC3CCCCC3)C23CC[C@@]1(C)O3. The van der Waals surface area contributed by atoms with Gasteiger partial charge in [-0.3, -0.25) is 14.4 Å². The molecule has 3 amide bonds. The molecular weight excluding hydrogens is 398 g/mol. The molecule has 0 aromatic rings. The number of carbonyl (C=O) groups is 3. The molecule has 6 atom stereocenters. The van der Waals surface area contributed by atoms with E-state index in [1.54, 1.807) is 11.9 Å². The summed E-state index contributed by atoms with van der Waals surface area (Å²) in [7, 11) is 1.57. The fourth-order valence-electron chi connectivity index (χ4n) is 6.72. The summed E-state index contributed by atoms with van der Waals surface area (Å²) in [6.07, 6.45) is 6.42. The highest BCUT2D eigenvalue weighted by atomic mass is 16.5. The standard InChI is InChI=1S/C23H37N3O5/c1-13(2)15(12-27)26-18(20(29)25-14-8-6-5-7-9-14)23-11-10-22(3,31-23)16(19(28)24-4)17(23)21(26)30/h13-18,27H,5-12H2,1-4H3,(H,24,28)(H,25,29)/t15-,16-,17-,18?,22+,23?/m0/s1. The second kappa shape index (κ2) is 8.03. The summed E-state index contributed by atoms with van der Waals surface area (Å²) in [4.78, 5) is 42.0. The van der Waals surface area contributed by atoms with Gasteiger partial charge >= 0.3 is 0 Å². The van der Waals surface area contributed by atoms with Gasteiger partial charge in [-0.2, -0.15) is 0 Å². The van der Waals surface area contributed by atoms with Crippen molar-refractivity contribution in [2.45, 2.75) is 95.0 Å². The second-order valence-corrected chi connectivity index (χ2v) is 10.4. The largest absolute Gasteiger partial charge is 0.394 e. The van der Waals surface area contributed by atoms with Gasteiger partial charge in [0.2, 0.25) is 17.7 Å². The zero-order valence-electron chi connectivity index (χ0n) is 19.1. The lowest BCUT2D eigenvalue weighted by Gasteiger charge is -2.39. The Balaban J connectivity index is 1.74. The number of nitrogens with zero attached hydrogens (tertiary/aromatic N) is 1. The topological polar surface area (TPSA) is 108 Å². The Morgan fingerprint density at radius 2 is 1.87 bits per heavy atom. The number of nitrogens with one attached hydrogen (secondary N) is 2. The lowest BCUT2D eigenvalue weighted by molar-refractivity contribution is -0.151. The first-order valence-corrected chi connectivity index (χ1v) is 11.9. The monoisotopic (exact) mass is 435 g/mol. The average molecular weight is 436 g/mol. The Morgan fingerprint density at radius 1 is 1.19 bits per heavy atom. The number of ether oxygens (including phenoxy) is 1. The van der Waals surface area contributed by atoms with E-state index in [4.69, 9.17) is 4.74 Å². The molecule has 1 saturated carbocycles. The fourth-order valence-corrected chi connectivity index (χ4v) is 6.72. The van der Waals surface area contributed by atoms with Crippen molar-refractivity contribution in [2.75, 3.05) is 13.7 Å². The molecule has 2 unspecified atom stereocenters. The molecule has 3 heterocycles. The molecule has 8 nitrogen and oxygen atoms in total. The van der Waals surface area contributed by atoms with E-state index in [0.717, 1.165) is 25.7 Å². The normalized spacial score (nSPS) is 38.5. The highest BCUT2D eigenvalue weighted by Gasteiger charge is 2.78. The van der Waals surface area contributed by atoms with E-state index in [9.17, 15) is 19.5 Å². The molecule has 3 N–H and O–H groups in total. The summed E-state index contributed by atoms with van der Waals surface area (Å²) in [5.74, 6) is -2.06. The van der Waals surface area contributed by atoms with Crippen LogP contribution in [-0.4, -0.2) is 70.7 Å². The van der Waals surface area contributed by atoms with Crippen LogP contribution in [0.1, 0.15) is 65.7 Å². The molecular formula is C23H37N3O5. The Morgan fingerprint density at radius 3 is 2.45 bits per heavy atom. The number of likely N-dealkylation sites (tertiary alicyclic amines) is 1. The molecule has 3 aliphatic heterocycles. The molecule has 3 saturated heterocycles. The smallest absolute Gasteiger partial charge is 0.246 e. The molecule has 1 spiro atoms. The van der Waals surface area contributed by atoms with Crippen LogP contribution in [0.5, 0.6) is 0 Å². The number of hydrogen-bond acceptors (Lipinski definition) is 5. The minimum atomic E-state index is -1.02. The van der Waals surface area contributed by atoms with E-state index in [1.165, 1.54) is 6.42 Å². The number of rotatable bonds is 6. The quantitative estimate of drug-likeness (QED) is 0.576. The van der Waals surface area contributed by atoms with E-state index < -0.39 is 35.1 Å². The van der Waals surface area contributed by atoms with Crippen LogP contribution in [0, 0.1) is 17.8 Å². The zero-order chi connectivity index (χ0) is 22.6. The van der Waals surface area contributed by atoms with E-state index in [1.807, 2.05) is 20.8 Å². The van der Waals surface area contributed by atoms with Gasteiger partial charge in [-0.25, -0.2) is 0 Å². The maximum Gasteiger partial charge on any atom is 0.246 e. The van der Waals surface area contributed by atoms with Gasteiger partial charge < -0.3 is 25.4 Å². The molecule has 4 aliphatic rings. The average Bonchev–Trinajstić information content (AvgIpc) is 3.30. The number of carbonyl (C=O) groups excluding carboxylic acids is 3. The zero-order valence-corrected chi connectivity index (χ0v) is 19.1. The van der Waals surface area contributed by atoms with Crippen molar-refractivity contribution in [3.8, 4) is 0 Å². The summed E-state index contributed by atoms with van der Waals surface area (Å²) in [5.41, 5.74) is -1.79. The van der Waals surface area contributed by atoms with Crippen LogP contribution in [0.25, 0.3) is 0 Å². The Hall–Kier alpha value is -1.67. The molecule has 174 valence electrons. The fraction of sp³-hybridized carbons (Fsp3) is 0.870. The van der Waals surface area contributed by atoms with Crippen molar-refractivity contribution in [3.63, 3.8) is 0 Å². The number of aliphatic hydroxyl groups is 1. The Bertz CT molecular complexity index is 751. The van der Waals surface area contributed by atoms with Gasteiger partial charge in [-0.15, -0.1) is 0 Å². The second-order valence-electron chi connectivity index (χ2n) is 10.4. The first-order chi connectivity index (χ1) is 14.7. The third-order valence-electron chi connectivity index (χ3n) is 8.26. The number of amides is 3. The Kier molecular flexibility index (Phi) is 5.83. The van der Waals surface area contributed by atoms with Crippen molar-refractivity contribution in [1.82, 2.24) is 15.5 Å². The van der Waals surface area contributed by atoms with E-state index in [0.29, 0.717) is 12.8 Å². The maximum absolute atomic E-state index is 13.8. The molecule has 2 bridgehead atoms. The van der Waals surface area contributed by atoms with Crippen LogP contribution in [0.15, 0.2) is 0 Å². The molecule has 8 heteroatoms. The van der Waals surface area contributed by atoms with Gasteiger partial charge in [0.05, 0.1) is 30.1 Å². The molecule has 4 fully saturated rings. The van der Waals surface area contributed by atoms with Crippen molar-refractivity contribution in [3.05, 3.63) is 0 Å². The molecule has 0 aromatic heterocycles. The molecule has 1 aliphatic carbocycles. The van der Waals surface area contributed by atoms with Gasteiger partial charge in [0, 0.05) is 13.1 Å². The lowest BCUT2D eigenvalue weighted by Crippen LogP contribution is -2.60. The van der Waals surface area contributed by atoms with E-state index >= 15 is 0 Å². The van der Waals surface area contributed by atoms with Crippen LogP contribution >= 0.6 is 0 Å². The summed E-state index contributed by atoms with van der Waals surface area (Å²) in [6, 6.07) is -1.23. The highest BCUT2D eigenvalue weighted by Crippen LogP contribution is 2.63. The van der Waals surface area contributed by atoms with Gasteiger partial charge in [0.15, 0.2) is 0 Å². The minimum Gasteiger partial charge on any atom is -0.394 e. The number of aliphatic hydroxyl groups excluding tert-OH is 1. The van der Waals surface area contributed by atoms with Gasteiger partial charge in [0.1, 0.15) is 11.6 Å². The van der Waals surface area contributed by atoms with Gasteiger partial charge in [-0.05, 0) is 38.5 Å². The van der Waals surface area contributed by atoms with Crippen LogP contribution < -0.4 is 10.6 Å². The predicted octanol–water partition coefficient (Wildman–Crippen LogP) is 0.963. The molecule has 4 rings (SSSR count). The molecule has 31 heavy (non-hydrogen) atoms. The summed E-state index contributed by atoms with van der Waals surface area (Å²) >= 11 is 0. The Labute approximate surface area is 184 Å². The first kappa shape index (κ1) is 22.5. The van der Waals surface area contributed by atoms with E-state index in [2.05, 4.69) is 10.6 Å².